The molecule has 0 unspecified atom stereocenters. The van der Waals surface area contributed by atoms with Gasteiger partial charge in [0.25, 0.3) is 0 Å². The molecule has 0 atom stereocenters. The average molecular weight is 362 g/mol. The standard InChI is InChI=1S/C13H11BrF3N3O/c14-9-6-10(8-18-7-9)19-4-5-21-12-11(13(15,16)17)2-1-3-20-12/h1-3,6-8,19H,4-5H2. The number of ether oxygens (including phenoxy) is 1. The van der Waals surface area contributed by atoms with Gasteiger partial charge in [0.1, 0.15) is 12.2 Å². The topological polar surface area (TPSA) is 47.0 Å². The van der Waals surface area contributed by atoms with Crippen molar-refractivity contribution >= 4 is 21.6 Å². The maximum atomic E-state index is 12.7. The van der Waals surface area contributed by atoms with Gasteiger partial charge in [0.2, 0.25) is 5.88 Å². The number of hydrogen-bond acceptors (Lipinski definition) is 4. The molecular formula is C13H11BrF3N3O. The van der Waals surface area contributed by atoms with Crippen LogP contribution in [0.5, 0.6) is 5.88 Å². The van der Waals surface area contributed by atoms with Gasteiger partial charge in [0.15, 0.2) is 0 Å². The Labute approximate surface area is 127 Å². The van der Waals surface area contributed by atoms with Gasteiger partial charge in [-0.3, -0.25) is 4.98 Å². The van der Waals surface area contributed by atoms with Crippen molar-refractivity contribution in [1.29, 1.82) is 0 Å². The van der Waals surface area contributed by atoms with E-state index in [0.29, 0.717) is 6.54 Å². The second-order valence-electron chi connectivity index (χ2n) is 4.02. The van der Waals surface area contributed by atoms with Crippen LogP contribution in [0.25, 0.3) is 0 Å². The van der Waals surface area contributed by atoms with Crippen molar-refractivity contribution in [2.45, 2.75) is 6.18 Å². The Balaban J connectivity index is 1.90. The molecule has 0 amide bonds. The Morgan fingerprint density at radius 1 is 1.29 bits per heavy atom. The van der Waals surface area contributed by atoms with Crippen LogP contribution in [0.15, 0.2) is 41.3 Å². The molecule has 4 nitrogen and oxygen atoms in total. The Hall–Kier alpha value is -1.83. The number of alkyl halides is 3. The molecule has 0 fully saturated rings. The predicted octanol–water partition coefficient (Wildman–Crippen LogP) is 3.75. The predicted molar refractivity (Wildman–Crippen MR) is 75.2 cm³/mol. The molecule has 0 saturated carbocycles. The molecule has 0 bridgehead atoms. The third kappa shape index (κ3) is 4.59. The third-order valence-electron chi connectivity index (χ3n) is 2.45. The number of hydrogen-bond donors (Lipinski definition) is 1. The number of nitrogens with one attached hydrogen (secondary N) is 1. The zero-order valence-corrected chi connectivity index (χ0v) is 12.3. The summed E-state index contributed by atoms with van der Waals surface area (Å²) in [6, 6.07) is 3.96. The van der Waals surface area contributed by atoms with E-state index in [1.807, 2.05) is 0 Å². The van der Waals surface area contributed by atoms with E-state index in [0.717, 1.165) is 16.2 Å². The maximum absolute atomic E-state index is 12.7. The third-order valence-corrected chi connectivity index (χ3v) is 2.89. The van der Waals surface area contributed by atoms with Crippen LogP contribution >= 0.6 is 15.9 Å². The lowest BCUT2D eigenvalue weighted by molar-refractivity contribution is -0.139. The van der Waals surface area contributed by atoms with Gasteiger partial charge >= 0.3 is 6.18 Å². The summed E-state index contributed by atoms with van der Waals surface area (Å²) < 4.78 is 44.0. The molecular weight excluding hydrogens is 351 g/mol. The van der Waals surface area contributed by atoms with Gasteiger partial charge in [-0.05, 0) is 34.1 Å². The molecule has 112 valence electrons. The fourth-order valence-corrected chi connectivity index (χ4v) is 1.94. The summed E-state index contributed by atoms with van der Waals surface area (Å²) in [6.45, 7) is 0.374. The summed E-state index contributed by atoms with van der Waals surface area (Å²) in [7, 11) is 0. The lowest BCUT2D eigenvalue weighted by Crippen LogP contribution is -2.15. The van der Waals surface area contributed by atoms with Crippen molar-refractivity contribution in [3.8, 4) is 5.88 Å². The highest BCUT2D eigenvalue weighted by Crippen LogP contribution is 2.34. The van der Waals surface area contributed by atoms with Crippen molar-refractivity contribution in [2.24, 2.45) is 0 Å². The van der Waals surface area contributed by atoms with E-state index in [1.54, 1.807) is 18.5 Å². The van der Waals surface area contributed by atoms with Gasteiger partial charge in [-0.1, -0.05) is 0 Å². The summed E-state index contributed by atoms with van der Waals surface area (Å²) in [6.07, 6.45) is 0.0132. The van der Waals surface area contributed by atoms with Crippen molar-refractivity contribution in [1.82, 2.24) is 9.97 Å². The maximum Gasteiger partial charge on any atom is 0.421 e. The van der Waals surface area contributed by atoms with Gasteiger partial charge in [0.05, 0.1) is 11.9 Å². The lowest BCUT2D eigenvalue weighted by Gasteiger charge is -2.13. The van der Waals surface area contributed by atoms with E-state index in [9.17, 15) is 13.2 Å². The van der Waals surface area contributed by atoms with Crippen LogP contribution < -0.4 is 10.1 Å². The lowest BCUT2D eigenvalue weighted by atomic mass is 10.2. The van der Waals surface area contributed by atoms with Crippen molar-refractivity contribution in [3.05, 3.63) is 46.8 Å². The normalized spacial score (nSPS) is 11.2. The molecule has 0 aromatic carbocycles. The van der Waals surface area contributed by atoms with Crippen LogP contribution in [0.3, 0.4) is 0 Å². The number of rotatable bonds is 5. The number of nitrogens with zero attached hydrogens (tertiary/aromatic N) is 2. The van der Waals surface area contributed by atoms with Crippen LogP contribution in [-0.2, 0) is 6.18 Å². The van der Waals surface area contributed by atoms with Gasteiger partial charge in [0, 0.05) is 23.4 Å². The summed E-state index contributed by atoms with van der Waals surface area (Å²) >= 11 is 3.27. The fraction of sp³-hybridized carbons (Fsp3) is 0.231. The molecule has 2 aromatic rings. The Bertz CT molecular complexity index is 607. The molecule has 1 N–H and O–H groups in total. The summed E-state index contributed by atoms with van der Waals surface area (Å²) in [4.78, 5) is 7.57. The van der Waals surface area contributed by atoms with Crippen LogP contribution in [0.4, 0.5) is 18.9 Å². The molecule has 2 rings (SSSR count). The zero-order chi connectivity index (χ0) is 15.3. The first-order chi connectivity index (χ1) is 9.97. The summed E-state index contributed by atoms with van der Waals surface area (Å²) in [5.41, 5.74) is -0.140. The Morgan fingerprint density at radius 3 is 2.81 bits per heavy atom. The number of aromatic nitrogens is 2. The van der Waals surface area contributed by atoms with Gasteiger partial charge in [-0.15, -0.1) is 0 Å². The van der Waals surface area contributed by atoms with E-state index in [2.05, 4.69) is 31.2 Å². The van der Waals surface area contributed by atoms with Gasteiger partial charge in [-0.2, -0.15) is 13.2 Å². The van der Waals surface area contributed by atoms with Crippen LogP contribution in [-0.4, -0.2) is 23.1 Å². The molecule has 0 saturated heterocycles. The van der Waals surface area contributed by atoms with E-state index in [4.69, 9.17) is 4.74 Å². The van der Waals surface area contributed by atoms with Crippen molar-refractivity contribution < 1.29 is 17.9 Å². The molecule has 0 aliphatic carbocycles. The summed E-state index contributed by atoms with van der Waals surface area (Å²) in [5, 5.41) is 2.99. The molecule has 2 aromatic heterocycles. The molecule has 0 aliphatic heterocycles. The van der Waals surface area contributed by atoms with E-state index >= 15 is 0 Å². The smallest absolute Gasteiger partial charge is 0.421 e. The average Bonchev–Trinajstić information content (AvgIpc) is 2.43. The fourth-order valence-electron chi connectivity index (χ4n) is 1.57. The highest BCUT2D eigenvalue weighted by Gasteiger charge is 2.34. The molecule has 0 radical (unpaired) electrons. The minimum Gasteiger partial charge on any atom is -0.475 e. The Kier molecular flexibility index (Phi) is 5.00. The number of halogens is 4. The number of pyridine rings is 2. The minimum absolute atomic E-state index is 0.0482. The van der Waals surface area contributed by atoms with E-state index < -0.39 is 17.6 Å². The first-order valence-electron chi connectivity index (χ1n) is 5.96. The summed E-state index contributed by atoms with van der Waals surface area (Å²) in [5.74, 6) is -0.417. The molecule has 0 aliphatic rings. The highest BCUT2D eigenvalue weighted by atomic mass is 79.9. The SMILES string of the molecule is FC(F)(F)c1cccnc1OCCNc1cncc(Br)c1. The Morgan fingerprint density at radius 2 is 2.10 bits per heavy atom. The van der Waals surface area contributed by atoms with Gasteiger partial charge in [-0.25, -0.2) is 4.98 Å². The van der Waals surface area contributed by atoms with Gasteiger partial charge < -0.3 is 10.1 Å². The zero-order valence-electron chi connectivity index (χ0n) is 10.7. The number of anilines is 1. The first kappa shape index (κ1) is 15.6. The minimum atomic E-state index is -4.48. The molecule has 2 heterocycles. The van der Waals surface area contributed by atoms with Crippen LogP contribution in [0.1, 0.15) is 5.56 Å². The first-order valence-corrected chi connectivity index (χ1v) is 6.75. The van der Waals surface area contributed by atoms with Crippen LogP contribution in [0, 0.1) is 0 Å². The van der Waals surface area contributed by atoms with E-state index in [-0.39, 0.29) is 6.61 Å². The highest BCUT2D eigenvalue weighted by molar-refractivity contribution is 9.10. The second kappa shape index (κ2) is 6.75. The molecule has 21 heavy (non-hydrogen) atoms. The quantitative estimate of drug-likeness (QED) is 0.824. The monoisotopic (exact) mass is 361 g/mol. The molecule has 8 heteroatoms. The second-order valence-corrected chi connectivity index (χ2v) is 4.94. The van der Waals surface area contributed by atoms with Crippen molar-refractivity contribution in [3.63, 3.8) is 0 Å². The van der Waals surface area contributed by atoms with Crippen molar-refractivity contribution in [2.75, 3.05) is 18.5 Å². The van der Waals surface area contributed by atoms with E-state index in [1.165, 1.54) is 12.3 Å². The largest absolute Gasteiger partial charge is 0.475 e. The molecule has 0 spiro atoms. The van der Waals surface area contributed by atoms with Crippen LogP contribution in [0.2, 0.25) is 0 Å².